The van der Waals surface area contributed by atoms with Gasteiger partial charge in [0.25, 0.3) is 0 Å². The highest BCUT2D eigenvalue weighted by atomic mass is 16.5. The first-order valence-electron chi connectivity index (χ1n) is 9.27. The Labute approximate surface area is 158 Å². The van der Waals surface area contributed by atoms with Gasteiger partial charge in [-0.15, -0.1) is 0 Å². The zero-order valence-corrected chi connectivity index (χ0v) is 16.2. The number of methoxy groups -OCH3 is 2. The van der Waals surface area contributed by atoms with Crippen molar-refractivity contribution in [2.75, 3.05) is 32.2 Å². The van der Waals surface area contributed by atoms with Crippen LogP contribution in [0.4, 0.5) is 5.82 Å². The van der Waals surface area contributed by atoms with Gasteiger partial charge in [-0.25, -0.2) is 4.79 Å². The Morgan fingerprint density at radius 1 is 1.07 bits per heavy atom. The first-order chi connectivity index (χ1) is 13.0. The van der Waals surface area contributed by atoms with E-state index in [-0.39, 0.29) is 17.9 Å². The fourth-order valence-electron chi connectivity index (χ4n) is 4.06. The van der Waals surface area contributed by atoms with Crippen molar-refractivity contribution in [3.8, 4) is 22.8 Å². The largest absolute Gasteiger partial charge is 0.493 e. The second kappa shape index (κ2) is 6.88. The van der Waals surface area contributed by atoms with Gasteiger partial charge in [0.2, 0.25) is 0 Å². The zero-order chi connectivity index (χ0) is 19.1. The smallest absolute Gasteiger partial charge is 0.350 e. The third-order valence-electron chi connectivity index (χ3n) is 5.23. The molecule has 27 heavy (non-hydrogen) atoms. The van der Waals surface area contributed by atoms with E-state index in [2.05, 4.69) is 9.88 Å². The number of morpholine rings is 1. The van der Waals surface area contributed by atoms with Gasteiger partial charge in [0.15, 0.2) is 11.5 Å². The molecule has 0 aliphatic carbocycles. The second-order valence-corrected chi connectivity index (χ2v) is 7.21. The Hall–Kier alpha value is -2.54. The van der Waals surface area contributed by atoms with Crippen LogP contribution in [0.5, 0.6) is 11.5 Å². The van der Waals surface area contributed by atoms with Crippen LogP contribution in [0.15, 0.2) is 23.0 Å². The van der Waals surface area contributed by atoms with Gasteiger partial charge in [-0.05, 0) is 38.0 Å². The van der Waals surface area contributed by atoms with Gasteiger partial charge in [0.1, 0.15) is 5.82 Å². The quantitative estimate of drug-likeness (QED) is 0.823. The molecule has 4 rings (SSSR count). The Morgan fingerprint density at radius 2 is 1.74 bits per heavy atom. The molecule has 1 saturated heterocycles. The van der Waals surface area contributed by atoms with Crippen LogP contribution in [0, 0.1) is 0 Å². The van der Waals surface area contributed by atoms with Crippen LogP contribution in [0.2, 0.25) is 0 Å². The average molecular weight is 371 g/mol. The number of aromatic nitrogens is 2. The van der Waals surface area contributed by atoms with Crippen LogP contribution in [-0.2, 0) is 17.7 Å². The third-order valence-corrected chi connectivity index (χ3v) is 5.23. The summed E-state index contributed by atoms with van der Waals surface area (Å²) in [6, 6.07) is 5.96. The molecule has 0 spiro atoms. The summed E-state index contributed by atoms with van der Waals surface area (Å²) < 4.78 is 18.4. The highest BCUT2D eigenvalue weighted by molar-refractivity contribution is 5.72. The first kappa shape index (κ1) is 17.9. The summed E-state index contributed by atoms with van der Waals surface area (Å²) in [5, 5.41) is 0. The lowest BCUT2D eigenvalue weighted by atomic mass is 9.96. The van der Waals surface area contributed by atoms with Crippen molar-refractivity contribution in [1.29, 1.82) is 0 Å². The van der Waals surface area contributed by atoms with Gasteiger partial charge < -0.3 is 19.1 Å². The number of aryl methyl sites for hydroxylation is 1. The molecule has 7 nitrogen and oxygen atoms in total. The van der Waals surface area contributed by atoms with Gasteiger partial charge in [0.05, 0.1) is 32.1 Å². The predicted molar refractivity (Wildman–Crippen MR) is 103 cm³/mol. The minimum Gasteiger partial charge on any atom is -0.493 e. The number of rotatable bonds is 3. The molecular weight excluding hydrogens is 346 g/mol. The van der Waals surface area contributed by atoms with Crippen LogP contribution in [-0.4, -0.2) is 49.1 Å². The summed E-state index contributed by atoms with van der Waals surface area (Å²) in [4.78, 5) is 19.2. The molecule has 0 bridgehead atoms. The summed E-state index contributed by atoms with van der Waals surface area (Å²) in [5.74, 6) is 2.07. The monoisotopic (exact) mass is 371 g/mol. The Bertz CT molecular complexity index is 914. The van der Waals surface area contributed by atoms with E-state index in [1.54, 1.807) is 18.8 Å². The molecule has 7 heteroatoms. The molecule has 3 heterocycles. The molecule has 1 fully saturated rings. The molecule has 1 aromatic heterocycles. The van der Waals surface area contributed by atoms with Crippen molar-refractivity contribution < 1.29 is 14.2 Å². The lowest BCUT2D eigenvalue weighted by molar-refractivity contribution is -0.00548. The molecule has 0 N–H and O–H groups in total. The van der Waals surface area contributed by atoms with Gasteiger partial charge in [-0.3, -0.25) is 4.57 Å². The van der Waals surface area contributed by atoms with E-state index in [0.717, 1.165) is 36.3 Å². The third kappa shape index (κ3) is 3.16. The maximum atomic E-state index is 12.7. The molecule has 2 unspecified atom stereocenters. The molecule has 2 aliphatic rings. The maximum absolute atomic E-state index is 12.7. The standard InChI is InChI=1S/C20H25N3O4/c1-12-10-22(11-13(2)27-12)19-9-16-15-8-18(26-4)17(25-3)7-14(15)5-6-23(16)20(24)21-19/h7-9,12-13H,5-6,10-11H2,1-4H3. The Kier molecular flexibility index (Phi) is 4.55. The van der Waals surface area contributed by atoms with Crippen molar-refractivity contribution in [3.63, 3.8) is 0 Å². The van der Waals surface area contributed by atoms with E-state index in [9.17, 15) is 4.79 Å². The maximum Gasteiger partial charge on any atom is 0.350 e. The van der Waals surface area contributed by atoms with E-state index in [4.69, 9.17) is 14.2 Å². The summed E-state index contributed by atoms with van der Waals surface area (Å²) in [6.45, 7) is 6.14. The number of hydrogen-bond donors (Lipinski definition) is 0. The van der Waals surface area contributed by atoms with Crippen molar-refractivity contribution in [3.05, 3.63) is 34.2 Å². The summed E-state index contributed by atoms with van der Waals surface area (Å²) in [7, 11) is 3.25. The summed E-state index contributed by atoms with van der Waals surface area (Å²) in [5.41, 5.74) is 2.80. The van der Waals surface area contributed by atoms with Gasteiger partial charge in [0, 0.05) is 31.3 Å². The number of fused-ring (bicyclic) bond motifs is 3. The van der Waals surface area contributed by atoms with E-state index < -0.39 is 0 Å². The fourth-order valence-corrected chi connectivity index (χ4v) is 4.06. The van der Waals surface area contributed by atoms with E-state index in [1.165, 1.54) is 0 Å². The predicted octanol–water partition coefficient (Wildman–Crippen LogP) is 2.10. The van der Waals surface area contributed by atoms with Crippen LogP contribution in [0.25, 0.3) is 11.3 Å². The lowest BCUT2D eigenvalue weighted by Gasteiger charge is -2.36. The molecular formula is C20H25N3O4. The number of nitrogens with zero attached hydrogens (tertiary/aromatic N) is 3. The minimum absolute atomic E-state index is 0.103. The van der Waals surface area contributed by atoms with E-state index >= 15 is 0 Å². The molecule has 1 aromatic carbocycles. The molecule has 2 atom stereocenters. The van der Waals surface area contributed by atoms with Crippen molar-refractivity contribution in [2.24, 2.45) is 0 Å². The van der Waals surface area contributed by atoms with E-state index in [0.29, 0.717) is 23.9 Å². The number of ether oxygens (including phenoxy) is 3. The van der Waals surface area contributed by atoms with Crippen molar-refractivity contribution >= 4 is 5.82 Å². The molecule has 144 valence electrons. The average Bonchev–Trinajstić information content (AvgIpc) is 2.65. The highest BCUT2D eigenvalue weighted by Crippen LogP contribution is 2.38. The second-order valence-electron chi connectivity index (χ2n) is 7.21. The van der Waals surface area contributed by atoms with Crippen LogP contribution in [0.1, 0.15) is 19.4 Å². The van der Waals surface area contributed by atoms with Crippen LogP contribution >= 0.6 is 0 Å². The van der Waals surface area contributed by atoms with Crippen molar-refractivity contribution in [1.82, 2.24) is 9.55 Å². The molecule has 0 radical (unpaired) electrons. The molecule has 2 aliphatic heterocycles. The first-order valence-corrected chi connectivity index (χ1v) is 9.27. The molecule has 0 amide bonds. The van der Waals surface area contributed by atoms with Gasteiger partial charge in [-0.1, -0.05) is 0 Å². The lowest BCUT2D eigenvalue weighted by Crippen LogP contribution is -2.46. The zero-order valence-electron chi connectivity index (χ0n) is 16.2. The van der Waals surface area contributed by atoms with Gasteiger partial charge >= 0.3 is 5.69 Å². The number of hydrogen-bond acceptors (Lipinski definition) is 6. The van der Waals surface area contributed by atoms with Crippen LogP contribution < -0.4 is 20.1 Å². The van der Waals surface area contributed by atoms with Gasteiger partial charge in [-0.2, -0.15) is 4.98 Å². The normalized spacial score (nSPS) is 21.4. The molecule has 2 aromatic rings. The number of benzene rings is 1. The molecule has 0 saturated carbocycles. The highest BCUT2D eigenvalue weighted by Gasteiger charge is 2.26. The SMILES string of the molecule is COc1cc2c(cc1OC)-c1cc(N3CC(C)OC(C)C3)nc(=O)n1CC2. The summed E-state index contributed by atoms with van der Waals surface area (Å²) >= 11 is 0. The Balaban J connectivity index is 1.82. The topological polar surface area (TPSA) is 65.8 Å². The number of anilines is 1. The summed E-state index contributed by atoms with van der Waals surface area (Å²) in [6.07, 6.45) is 0.965. The van der Waals surface area contributed by atoms with Crippen molar-refractivity contribution in [2.45, 2.75) is 39.0 Å². The fraction of sp³-hybridized carbons (Fsp3) is 0.500. The van der Waals surface area contributed by atoms with E-state index in [1.807, 2.05) is 32.0 Å². The Morgan fingerprint density at radius 3 is 2.41 bits per heavy atom. The van der Waals surface area contributed by atoms with Crippen LogP contribution in [0.3, 0.4) is 0 Å². The minimum atomic E-state index is -0.213.